The Bertz CT molecular complexity index is 946. The van der Waals surface area contributed by atoms with E-state index >= 15 is 0 Å². The number of halogens is 4. The monoisotopic (exact) mass is 349 g/mol. The van der Waals surface area contributed by atoms with Crippen LogP contribution < -0.4 is 10.3 Å². The summed E-state index contributed by atoms with van der Waals surface area (Å²) in [6.45, 7) is 0. The first-order valence-electron chi connectivity index (χ1n) is 7.17. The summed E-state index contributed by atoms with van der Waals surface area (Å²) in [5, 5.41) is 0. The van der Waals surface area contributed by atoms with Gasteiger partial charge in [0.2, 0.25) is 0 Å². The predicted octanol–water partition coefficient (Wildman–Crippen LogP) is 4.54. The normalized spacial score (nSPS) is 11.4. The minimum Gasteiger partial charge on any atom is -0.406 e. The van der Waals surface area contributed by atoms with Crippen molar-refractivity contribution in [3.8, 4) is 22.6 Å². The van der Waals surface area contributed by atoms with Crippen LogP contribution in [0.3, 0.4) is 0 Å². The van der Waals surface area contributed by atoms with E-state index in [1.54, 1.807) is 18.2 Å². The van der Waals surface area contributed by atoms with Crippen molar-refractivity contribution in [1.82, 2.24) is 4.57 Å². The first kappa shape index (κ1) is 16.8. The molecule has 0 aliphatic heterocycles. The molecule has 3 nitrogen and oxygen atoms in total. The van der Waals surface area contributed by atoms with Crippen molar-refractivity contribution >= 4 is 0 Å². The molecular weight excluding hydrogens is 338 g/mol. The average Bonchev–Trinajstić information content (AvgIpc) is 2.55. The third-order valence-electron chi connectivity index (χ3n) is 3.42. The number of hydrogen-bond acceptors (Lipinski definition) is 2. The second-order valence-electron chi connectivity index (χ2n) is 5.18. The minimum absolute atomic E-state index is 0.359. The maximum absolute atomic E-state index is 13.4. The molecule has 0 radical (unpaired) electrons. The zero-order chi connectivity index (χ0) is 18.0. The minimum atomic E-state index is -4.78. The van der Waals surface area contributed by atoms with Crippen LogP contribution in [0.25, 0.3) is 16.8 Å². The SMILES string of the molecule is O=c1ccc(-c2cccc(F)c2)cn1-c1ccc(OC(F)(F)F)cc1. The highest BCUT2D eigenvalue weighted by Crippen LogP contribution is 2.24. The van der Waals surface area contributed by atoms with Gasteiger partial charge in [0.05, 0.1) is 0 Å². The fourth-order valence-electron chi connectivity index (χ4n) is 2.34. The smallest absolute Gasteiger partial charge is 0.406 e. The molecule has 3 rings (SSSR count). The van der Waals surface area contributed by atoms with Crippen molar-refractivity contribution in [2.24, 2.45) is 0 Å². The first-order valence-corrected chi connectivity index (χ1v) is 7.17. The molecule has 0 amide bonds. The van der Waals surface area contributed by atoms with Crippen molar-refractivity contribution in [1.29, 1.82) is 0 Å². The van der Waals surface area contributed by atoms with E-state index in [0.29, 0.717) is 16.8 Å². The highest BCUT2D eigenvalue weighted by atomic mass is 19.4. The Morgan fingerprint density at radius 1 is 0.880 bits per heavy atom. The van der Waals surface area contributed by atoms with Gasteiger partial charge in [0, 0.05) is 18.0 Å². The Balaban J connectivity index is 1.97. The summed E-state index contributed by atoms with van der Waals surface area (Å²) in [4.78, 5) is 12.1. The lowest BCUT2D eigenvalue weighted by Crippen LogP contribution is -2.18. The number of alkyl halides is 3. The molecule has 1 aromatic heterocycles. The maximum atomic E-state index is 13.4. The van der Waals surface area contributed by atoms with Crippen LogP contribution >= 0.6 is 0 Å². The zero-order valence-electron chi connectivity index (χ0n) is 12.6. The predicted molar refractivity (Wildman–Crippen MR) is 84.1 cm³/mol. The number of aromatic nitrogens is 1. The first-order chi connectivity index (χ1) is 11.8. The van der Waals surface area contributed by atoms with Crippen molar-refractivity contribution in [3.63, 3.8) is 0 Å². The van der Waals surface area contributed by atoms with Gasteiger partial charge in [0.15, 0.2) is 0 Å². The number of rotatable bonds is 3. The lowest BCUT2D eigenvalue weighted by Gasteiger charge is -2.11. The Hall–Kier alpha value is -3.09. The van der Waals surface area contributed by atoms with E-state index in [1.807, 2.05) is 0 Å². The molecular formula is C18H11F4NO2. The van der Waals surface area contributed by atoms with Crippen molar-refractivity contribution < 1.29 is 22.3 Å². The van der Waals surface area contributed by atoms with Crippen LogP contribution in [0, 0.1) is 5.82 Å². The molecule has 0 fully saturated rings. The van der Waals surface area contributed by atoms with Crippen LogP contribution in [0.5, 0.6) is 5.75 Å². The van der Waals surface area contributed by atoms with E-state index in [9.17, 15) is 22.4 Å². The van der Waals surface area contributed by atoms with E-state index in [-0.39, 0.29) is 11.3 Å². The van der Waals surface area contributed by atoms with Gasteiger partial charge < -0.3 is 4.74 Å². The van der Waals surface area contributed by atoms with Gasteiger partial charge in [-0.2, -0.15) is 0 Å². The molecule has 7 heteroatoms. The second kappa shape index (κ2) is 6.43. The quantitative estimate of drug-likeness (QED) is 0.650. The van der Waals surface area contributed by atoms with Gasteiger partial charge in [-0.15, -0.1) is 13.2 Å². The molecule has 0 atom stereocenters. The van der Waals surface area contributed by atoms with Crippen LogP contribution in [0.1, 0.15) is 0 Å². The molecule has 0 unspecified atom stereocenters. The molecule has 128 valence electrons. The number of benzene rings is 2. The summed E-state index contributed by atoms with van der Waals surface area (Å²) in [5.74, 6) is -0.797. The molecule has 0 bridgehead atoms. The van der Waals surface area contributed by atoms with Crippen LogP contribution in [-0.4, -0.2) is 10.9 Å². The third-order valence-corrected chi connectivity index (χ3v) is 3.42. The number of pyridine rings is 1. The van der Waals surface area contributed by atoms with Gasteiger partial charge >= 0.3 is 6.36 Å². The molecule has 0 spiro atoms. The molecule has 0 N–H and O–H groups in total. The van der Waals surface area contributed by atoms with E-state index < -0.39 is 12.2 Å². The lowest BCUT2D eigenvalue weighted by molar-refractivity contribution is -0.274. The van der Waals surface area contributed by atoms with Crippen molar-refractivity contribution in [2.45, 2.75) is 6.36 Å². The summed E-state index contributed by atoms with van der Waals surface area (Å²) in [6.07, 6.45) is -3.29. The van der Waals surface area contributed by atoms with Gasteiger partial charge in [-0.3, -0.25) is 9.36 Å². The standard InChI is InChI=1S/C18H11F4NO2/c19-14-3-1-2-12(10-14)13-4-9-17(24)23(11-13)15-5-7-16(8-6-15)25-18(20,21)22/h1-11H. The molecule has 0 saturated heterocycles. The Morgan fingerprint density at radius 3 is 2.24 bits per heavy atom. The van der Waals surface area contributed by atoms with Crippen LogP contribution in [0.15, 0.2) is 71.7 Å². The third kappa shape index (κ3) is 4.06. The van der Waals surface area contributed by atoms with Gasteiger partial charge in [-0.05, 0) is 53.6 Å². The number of ether oxygens (including phenoxy) is 1. The number of nitrogens with zero attached hydrogens (tertiary/aromatic N) is 1. The van der Waals surface area contributed by atoms with E-state index in [2.05, 4.69) is 4.74 Å². The van der Waals surface area contributed by atoms with E-state index in [0.717, 1.165) is 12.1 Å². The summed E-state index contributed by atoms with van der Waals surface area (Å²) in [5.41, 5.74) is 1.16. The fourth-order valence-corrected chi connectivity index (χ4v) is 2.34. The molecule has 0 aliphatic rings. The summed E-state index contributed by atoms with van der Waals surface area (Å²) in [7, 11) is 0. The lowest BCUT2D eigenvalue weighted by atomic mass is 10.1. The highest BCUT2D eigenvalue weighted by Gasteiger charge is 2.30. The Kier molecular flexibility index (Phi) is 4.31. The van der Waals surface area contributed by atoms with Crippen molar-refractivity contribution in [2.75, 3.05) is 0 Å². The van der Waals surface area contributed by atoms with Gasteiger partial charge in [-0.25, -0.2) is 4.39 Å². The van der Waals surface area contributed by atoms with Gasteiger partial charge in [0.1, 0.15) is 11.6 Å². The molecule has 2 aromatic carbocycles. The molecule has 3 aromatic rings. The fraction of sp³-hybridized carbons (Fsp3) is 0.0556. The average molecular weight is 349 g/mol. The zero-order valence-corrected chi connectivity index (χ0v) is 12.6. The molecule has 1 heterocycles. The maximum Gasteiger partial charge on any atom is 0.573 e. The Morgan fingerprint density at radius 2 is 1.60 bits per heavy atom. The second-order valence-corrected chi connectivity index (χ2v) is 5.18. The topological polar surface area (TPSA) is 31.2 Å². The van der Waals surface area contributed by atoms with Gasteiger partial charge in [-0.1, -0.05) is 12.1 Å². The van der Waals surface area contributed by atoms with E-state index in [4.69, 9.17) is 0 Å². The highest BCUT2D eigenvalue weighted by molar-refractivity contribution is 5.62. The van der Waals surface area contributed by atoms with Crippen LogP contribution in [0.2, 0.25) is 0 Å². The van der Waals surface area contributed by atoms with Crippen LogP contribution in [0.4, 0.5) is 17.6 Å². The molecule has 0 aliphatic carbocycles. The molecule has 0 saturated carbocycles. The summed E-state index contributed by atoms with van der Waals surface area (Å²) < 4.78 is 55.0. The van der Waals surface area contributed by atoms with E-state index in [1.165, 1.54) is 41.1 Å². The molecule has 25 heavy (non-hydrogen) atoms. The van der Waals surface area contributed by atoms with Gasteiger partial charge in [0.25, 0.3) is 5.56 Å². The van der Waals surface area contributed by atoms with Crippen LogP contribution in [-0.2, 0) is 0 Å². The summed E-state index contributed by atoms with van der Waals surface area (Å²) in [6, 6.07) is 13.6. The largest absolute Gasteiger partial charge is 0.573 e. The number of hydrogen-bond donors (Lipinski definition) is 0. The van der Waals surface area contributed by atoms with Crippen molar-refractivity contribution in [3.05, 3.63) is 83.0 Å². The Labute approximate surface area is 139 Å². The summed E-state index contributed by atoms with van der Waals surface area (Å²) >= 11 is 0.